The van der Waals surface area contributed by atoms with Gasteiger partial charge in [-0.25, -0.2) is 0 Å². The second kappa shape index (κ2) is 5.19. The lowest BCUT2D eigenvalue weighted by atomic mass is 10.2. The smallest absolute Gasteiger partial charge is 0.154 e. The number of nitrogens with zero attached hydrogens (tertiary/aromatic N) is 2. The molecular formula is C13H19N3O. The molecule has 1 atom stereocenters. The molecule has 92 valence electrons. The Morgan fingerprint density at radius 2 is 2.18 bits per heavy atom. The summed E-state index contributed by atoms with van der Waals surface area (Å²) in [6.07, 6.45) is 2.97. The minimum Gasteiger partial charge on any atom is -0.458 e. The van der Waals surface area contributed by atoms with Gasteiger partial charge < -0.3 is 9.73 Å². The van der Waals surface area contributed by atoms with Crippen molar-refractivity contribution in [1.29, 1.82) is 0 Å². The van der Waals surface area contributed by atoms with Crippen LogP contribution in [0.25, 0.3) is 11.5 Å². The normalized spacial score (nSPS) is 12.9. The maximum absolute atomic E-state index is 5.83. The molecule has 2 heterocycles. The van der Waals surface area contributed by atoms with Crippen LogP contribution in [0, 0.1) is 0 Å². The summed E-state index contributed by atoms with van der Waals surface area (Å²) in [5, 5.41) is 7.66. The van der Waals surface area contributed by atoms with E-state index in [-0.39, 0.29) is 6.04 Å². The summed E-state index contributed by atoms with van der Waals surface area (Å²) in [6, 6.07) is 6.26. The zero-order valence-electron chi connectivity index (χ0n) is 10.6. The first kappa shape index (κ1) is 11.9. The van der Waals surface area contributed by atoms with Crippen LogP contribution in [0.3, 0.4) is 0 Å². The predicted octanol–water partition coefficient (Wildman–Crippen LogP) is 2.83. The first-order chi connectivity index (χ1) is 8.28. The molecule has 0 saturated heterocycles. The molecule has 0 radical (unpaired) electrons. The van der Waals surface area contributed by atoms with E-state index in [1.165, 1.54) is 0 Å². The Kier molecular flexibility index (Phi) is 3.64. The Labute approximate surface area is 102 Å². The molecule has 0 bridgehead atoms. The largest absolute Gasteiger partial charge is 0.458 e. The van der Waals surface area contributed by atoms with E-state index in [1.807, 2.05) is 36.1 Å². The lowest BCUT2D eigenvalue weighted by Crippen LogP contribution is -2.14. The second-order valence-electron chi connectivity index (χ2n) is 4.01. The quantitative estimate of drug-likeness (QED) is 0.863. The highest BCUT2D eigenvalue weighted by Crippen LogP contribution is 2.25. The molecule has 0 aliphatic heterocycles. The molecule has 17 heavy (non-hydrogen) atoms. The average molecular weight is 233 g/mol. The number of hydrogen-bond donors (Lipinski definition) is 1. The van der Waals surface area contributed by atoms with E-state index in [1.54, 1.807) is 0 Å². The van der Waals surface area contributed by atoms with Crippen LogP contribution in [0.15, 0.2) is 28.8 Å². The summed E-state index contributed by atoms with van der Waals surface area (Å²) in [4.78, 5) is 0. The highest BCUT2D eigenvalue weighted by molar-refractivity contribution is 5.51. The van der Waals surface area contributed by atoms with Crippen LogP contribution in [0.5, 0.6) is 0 Å². The van der Waals surface area contributed by atoms with E-state index in [9.17, 15) is 0 Å². The summed E-state index contributed by atoms with van der Waals surface area (Å²) in [5.74, 6) is 1.80. The zero-order chi connectivity index (χ0) is 12.3. The molecule has 0 amide bonds. The van der Waals surface area contributed by atoms with Gasteiger partial charge in [-0.15, -0.1) is 0 Å². The Hall–Kier alpha value is -1.55. The number of nitrogens with one attached hydrogen (secondary N) is 1. The molecule has 1 N–H and O–H groups in total. The highest BCUT2D eigenvalue weighted by Gasteiger charge is 2.13. The van der Waals surface area contributed by atoms with Gasteiger partial charge in [0.1, 0.15) is 11.5 Å². The maximum Gasteiger partial charge on any atom is 0.154 e. The van der Waals surface area contributed by atoms with Gasteiger partial charge in [0, 0.05) is 12.7 Å². The van der Waals surface area contributed by atoms with Crippen molar-refractivity contribution in [3.63, 3.8) is 0 Å². The Balaban J connectivity index is 2.22. The van der Waals surface area contributed by atoms with Crippen LogP contribution < -0.4 is 5.32 Å². The minimum atomic E-state index is 0.275. The third-order valence-corrected chi connectivity index (χ3v) is 2.94. The van der Waals surface area contributed by atoms with E-state index in [4.69, 9.17) is 4.42 Å². The van der Waals surface area contributed by atoms with Crippen LogP contribution in [0.4, 0.5) is 0 Å². The molecule has 2 rings (SSSR count). The minimum absolute atomic E-state index is 0.275. The molecule has 0 aliphatic rings. The predicted molar refractivity (Wildman–Crippen MR) is 67.7 cm³/mol. The number of aromatic nitrogens is 2. The Morgan fingerprint density at radius 3 is 2.76 bits per heavy atom. The van der Waals surface area contributed by atoms with Crippen LogP contribution in [0.1, 0.15) is 32.1 Å². The van der Waals surface area contributed by atoms with Gasteiger partial charge in [0.05, 0.1) is 6.04 Å². The van der Waals surface area contributed by atoms with Gasteiger partial charge in [-0.05, 0) is 38.6 Å². The van der Waals surface area contributed by atoms with Gasteiger partial charge in [-0.3, -0.25) is 4.68 Å². The zero-order valence-corrected chi connectivity index (χ0v) is 10.6. The first-order valence-corrected chi connectivity index (χ1v) is 6.09. The van der Waals surface area contributed by atoms with Crippen LogP contribution in [-0.2, 0) is 6.54 Å². The summed E-state index contributed by atoms with van der Waals surface area (Å²) >= 11 is 0. The lowest BCUT2D eigenvalue weighted by molar-refractivity contribution is 0.430. The van der Waals surface area contributed by atoms with E-state index < -0.39 is 0 Å². The lowest BCUT2D eigenvalue weighted by Gasteiger charge is -2.09. The number of aryl methyl sites for hydroxylation is 1. The van der Waals surface area contributed by atoms with Crippen molar-refractivity contribution >= 4 is 0 Å². The summed E-state index contributed by atoms with van der Waals surface area (Å²) < 4.78 is 7.73. The van der Waals surface area contributed by atoms with Gasteiger partial charge in [-0.1, -0.05) is 6.92 Å². The second-order valence-corrected chi connectivity index (χ2v) is 4.01. The van der Waals surface area contributed by atoms with Crippen molar-refractivity contribution in [3.8, 4) is 11.5 Å². The van der Waals surface area contributed by atoms with Crippen molar-refractivity contribution in [2.75, 3.05) is 7.05 Å². The van der Waals surface area contributed by atoms with E-state index in [0.717, 1.165) is 30.2 Å². The number of rotatable bonds is 5. The molecule has 0 aromatic carbocycles. The van der Waals surface area contributed by atoms with Gasteiger partial charge >= 0.3 is 0 Å². The van der Waals surface area contributed by atoms with Crippen LogP contribution in [0.2, 0.25) is 0 Å². The van der Waals surface area contributed by atoms with E-state index in [0.29, 0.717) is 0 Å². The molecule has 2 aromatic rings. The maximum atomic E-state index is 5.83. The summed E-state index contributed by atoms with van der Waals surface area (Å²) in [5.41, 5.74) is 0.893. The molecular weight excluding hydrogens is 214 g/mol. The fourth-order valence-electron chi connectivity index (χ4n) is 1.89. The molecule has 1 unspecified atom stereocenters. The van der Waals surface area contributed by atoms with Crippen molar-refractivity contribution in [2.24, 2.45) is 0 Å². The number of furan rings is 1. The van der Waals surface area contributed by atoms with Gasteiger partial charge in [-0.2, -0.15) is 5.10 Å². The molecule has 4 heteroatoms. The standard InChI is InChI=1S/C13H19N3O/c1-4-10(14-3)12-6-7-13(17-12)11-8-9-16(5-2)15-11/h6-10,14H,4-5H2,1-3H3. The molecule has 0 aliphatic carbocycles. The van der Waals surface area contributed by atoms with E-state index in [2.05, 4.69) is 24.3 Å². The SMILES string of the molecule is CCC(NC)c1ccc(-c2ccn(CC)n2)o1. The molecule has 0 saturated carbocycles. The van der Waals surface area contributed by atoms with Gasteiger partial charge in [0.25, 0.3) is 0 Å². The topological polar surface area (TPSA) is 43.0 Å². The average Bonchev–Trinajstić information content (AvgIpc) is 2.98. The van der Waals surface area contributed by atoms with Gasteiger partial charge in [0.2, 0.25) is 0 Å². The summed E-state index contributed by atoms with van der Waals surface area (Å²) in [6.45, 7) is 5.08. The fourth-order valence-corrected chi connectivity index (χ4v) is 1.89. The monoisotopic (exact) mass is 233 g/mol. The van der Waals surface area contributed by atoms with Crippen molar-refractivity contribution in [2.45, 2.75) is 32.9 Å². The molecule has 0 fully saturated rings. The van der Waals surface area contributed by atoms with Crippen LogP contribution in [-0.4, -0.2) is 16.8 Å². The van der Waals surface area contributed by atoms with Crippen molar-refractivity contribution < 1.29 is 4.42 Å². The molecule has 4 nitrogen and oxygen atoms in total. The highest BCUT2D eigenvalue weighted by atomic mass is 16.3. The Bertz CT molecular complexity index is 468. The first-order valence-electron chi connectivity index (χ1n) is 6.09. The third-order valence-electron chi connectivity index (χ3n) is 2.94. The Morgan fingerprint density at radius 1 is 1.35 bits per heavy atom. The molecule has 0 spiro atoms. The number of hydrogen-bond acceptors (Lipinski definition) is 3. The fraction of sp³-hybridized carbons (Fsp3) is 0.462. The van der Waals surface area contributed by atoms with E-state index >= 15 is 0 Å². The van der Waals surface area contributed by atoms with Crippen LogP contribution >= 0.6 is 0 Å². The van der Waals surface area contributed by atoms with Crippen molar-refractivity contribution in [1.82, 2.24) is 15.1 Å². The van der Waals surface area contributed by atoms with Crippen molar-refractivity contribution in [3.05, 3.63) is 30.2 Å². The van der Waals surface area contributed by atoms with Gasteiger partial charge in [0.15, 0.2) is 5.76 Å². The molecule has 2 aromatic heterocycles. The third kappa shape index (κ3) is 2.42. The summed E-state index contributed by atoms with van der Waals surface area (Å²) in [7, 11) is 1.95.